The number of rotatable bonds is 7. The minimum absolute atomic E-state index is 0.245. The molecule has 0 fully saturated rings. The van der Waals surface area contributed by atoms with Crippen LogP contribution < -0.4 is 5.32 Å². The van der Waals surface area contributed by atoms with E-state index >= 15 is 0 Å². The summed E-state index contributed by atoms with van der Waals surface area (Å²) >= 11 is 5.49. The molecule has 0 aliphatic heterocycles. The van der Waals surface area contributed by atoms with Gasteiger partial charge in [-0.05, 0) is 12.3 Å². The van der Waals surface area contributed by atoms with E-state index in [2.05, 4.69) is 19.2 Å². The van der Waals surface area contributed by atoms with Crippen LogP contribution in [-0.4, -0.2) is 30.2 Å². The zero-order valence-corrected chi connectivity index (χ0v) is 9.22. The SMILES string of the molecule is CC(C)C(CCO)NC/C=C/CCl. The number of alkyl halides is 1. The van der Waals surface area contributed by atoms with Crippen molar-refractivity contribution in [3.63, 3.8) is 0 Å². The molecular weight excluding hydrogens is 186 g/mol. The van der Waals surface area contributed by atoms with Crippen LogP contribution in [0.15, 0.2) is 12.2 Å². The van der Waals surface area contributed by atoms with Gasteiger partial charge in [-0.15, -0.1) is 11.6 Å². The number of nitrogens with one attached hydrogen (secondary N) is 1. The number of allylic oxidation sites excluding steroid dienone is 1. The van der Waals surface area contributed by atoms with Gasteiger partial charge in [0, 0.05) is 25.1 Å². The van der Waals surface area contributed by atoms with E-state index in [4.69, 9.17) is 16.7 Å². The summed E-state index contributed by atoms with van der Waals surface area (Å²) in [5.74, 6) is 1.12. The van der Waals surface area contributed by atoms with E-state index in [-0.39, 0.29) is 6.61 Å². The summed E-state index contributed by atoms with van der Waals surface area (Å²) in [6.45, 7) is 5.38. The molecule has 78 valence electrons. The Kier molecular flexibility index (Phi) is 8.51. The molecule has 2 N–H and O–H groups in total. The van der Waals surface area contributed by atoms with Crippen molar-refractivity contribution in [2.24, 2.45) is 5.92 Å². The Balaban J connectivity index is 3.62. The fourth-order valence-electron chi connectivity index (χ4n) is 1.18. The summed E-state index contributed by atoms with van der Waals surface area (Å²) in [4.78, 5) is 0. The van der Waals surface area contributed by atoms with Gasteiger partial charge < -0.3 is 10.4 Å². The highest BCUT2D eigenvalue weighted by Gasteiger charge is 2.10. The molecule has 0 saturated carbocycles. The molecule has 0 radical (unpaired) electrons. The molecule has 0 spiro atoms. The van der Waals surface area contributed by atoms with Gasteiger partial charge in [0.1, 0.15) is 0 Å². The molecule has 0 amide bonds. The van der Waals surface area contributed by atoms with Crippen molar-refractivity contribution < 1.29 is 5.11 Å². The number of hydrogen-bond donors (Lipinski definition) is 2. The van der Waals surface area contributed by atoms with E-state index in [1.54, 1.807) is 0 Å². The van der Waals surface area contributed by atoms with E-state index in [1.807, 2.05) is 12.2 Å². The predicted molar refractivity (Wildman–Crippen MR) is 58.2 cm³/mol. The van der Waals surface area contributed by atoms with Crippen molar-refractivity contribution in [2.75, 3.05) is 19.0 Å². The first-order chi connectivity index (χ1) is 6.22. The van der Waals surface area contributed by atoms with Crippen LogP contribution >= 0.6 is 11.6 Å². The van der Waals surface area contributed by atoms with Gasteiger partial charge in [-0.25, -0.2) is 0 Å². The van der Waals surface area contributed by atoms with Crippen LogP contribution in [0.5, 0.6) is 0 Å². The van der Waals surface area contributed by atoms with Crippen molar-refractivity contribution in [3.8, 4) is 0 Å². The second kappa shape index (κ2) is 8.54. The van der Waals surface area contributed by atoms with Gasteiger partial charge in [0.05, 0.1) is 0 Å². The lowest BCUT2D eigenvalue weighted by atomic mass is 10.0. The zero-order valence-electron chi connectivity index (χ0n) is 8.46. The van der Waals surface area contributed by atoms with E-state index in [9.17, 15) is 0 Å². The number of aliphatic hydroxyl groups excluding tert-OH is 1. The Morgan fingerprint density at radius 1 is 1.38 bits per heavy atom. The Hall–Kier alpha value is -0.0500. The Bertz CT molecular complexity index is 137. The maximum atomic E-state index is 8.81. The highest BCUT2D eigenvalue weighted by Crippen LogP contribution is 2.04. The van der Waals surface area contributed by atoms with E-state index < -0.39 is 0 Å². The summed E-state index contributed by atoms with van der Waals surface area (Å²) in [5.41, 5.74) is 0. The molecule has 0 aromatic heterocycles. The van der Waals surface area contributed by atoms with Gasteiger partial charge >= 0.3 is 0 Å². The number of aliphatic hydroxyl groups is 1. The summed E-state index contributed by atoms with van der Waals surface area (Å²) in [5, 5.41) is 12.2. The third-order valence-corrected chi connectivity index (χ3v) is 2.18. The predicted octanol–water partition coefficient (Wildman–Crippen LogP) is 1.78. The molecule has 13 heavy (non-hydrogen) atoms. The molecule has 0 aromatic carbocycles. The molecule has 0 rings (SSSR count). The van der Waals surface area contributed by atoms with Gasteiger partial charge in [-0.3, -0.25) is 0 Å². The Labute approximate surface area is 86.0 Å². The Morgan fingerprint density at radius 2 is 2.08 bits per heavy atom. The Morgan fingerprint density at radius 3 is 2.54 bits per heavy atom. The summed E-state index contributed by atoms with van der Waals surface area (Å²) in [6.07, 6.45) is 4.75. The van der Waals surface area contributed by atoms with Crippen molar-refractivity contribution in [1.29, 1.82) is 0 Å². The number of hydrogen-bond acceptors (Lipinski definition) is 2. The highest BCUT2D eigenvalue weighted by atomic mass is 35.5. The summed E-state index contributed by atoms with van der Waals surface area (Å²) < 4.78 is 0. The van der Waals surface area contributed by atoms with Crippen LogP contribution in [0, 0.1) is 5.92 Å². The molecule has 1 unspecified atom stereocenters. The first-order valence-electron chi connectivity index (χ1n) is 4.77. The van der Waals surface area contributed by atoms with Crippen LogP contribution in [0.3, 0.4) is 0 Å². The third kappa shape index (κ3) is 7.05. The largest absolute Gasteiger partial charge is 0.396 e. The maximum absolute atomic E-state index is 8.81. The van der Waals surface area contributed by atoms with E-state index in [1.165, 1.54) is 0 Å². The smallest absolute Gasteiger partial charge is 0.0445 e. The lowest BCUT2D eigenvalue weighted by Gasteiger charge is -2.20. The van der Waals surface area contributed by atoms with E-state index in [0.29, 0.717) is 17.8 Å². The molecule has 2 nitrogen and oxygen atoms in total. The van der Waals surface area contributed by atoms with Gasteiger partial charge in [0.15, 0.2) is 0 Å². The average Bonchev–Trinajstić information content (AvgIpc) is 2.10. The molecule has 0 aliphatic carbocycles. The molecule has 0 bridgehead atoms. The first kappa shape index (κ1) is 12.9. The summed E-state index contributed by atoms with van der Waals surface area (Å²) in [7, 11) is 0. The van der Waals surface area contributed by atoms with Crippen LogP contribution in [0.25, 0.3) is 0 Å². The molecule has 3 heteroatoms. The molecule has 0 aliphatic rings. The standard InChI is InChI=1S/C10H20ClNO/c1-9(2)10(5-8-13)12-7-4-3-6-11/h3-4,9-10,12-13H,5-8H2,1-2H3/b4-3+. The van der Waals surface area contributed by atoms with Crippen molar-refractivity contribution in [2.45, 2.75) is 26.3 Å². The minimum atomic E-state index is 0.245. The van der Waals surface area contributed by atoms with Crippen molar-refractivity contribution in [3.05, 3.63) is 12.2 Å². The van der Waals surface area contributed by atoms with Crippen LogP contribution in [-0.2, 0) is 0 Å². The van der Waals surface area contributed by atoms with Crippen LogP contribution in [0.2, 0.25) is 0 Å². The second-order valence-electron chi connectivity index (χ2n) is 3.40. The summed E-state index contributed by atoms with van der Waals surface area (Å²) in [6, 6.07) is 0.393. The monoisotopic (exact) mass is 205 g/mol. The molecule has 0 heterocycles. The average molecular weight is 206 g/mol. The zero-order chi connectivity index (χ0) is 10.1. The van der Waals surface area contributed by atoms with Crippen LogP contribution in [0.4, 0.5) is 0 Å². The van der Waals surface area contributed by atoms with Crippen molar-refractivity contribution in [1.82, 2.24) is 5.32 Å². The molecular formula is C10H20ClNO. The molecule has 1 atom stereocenters. The fourth-order valence-corrected chi connectivity index (χ4v) is 1.30. The highest BCUT2D eigenvalue weighted by molar-refractivity contribution is 6.18. The maximum Gasteiger partial charge on any atom is 0.0445 e. The molecule has 0 saturated heterocycles. The van der Waals surface area contributed by atoms with Crippen molar-refractivity contribution >= 4 is 11.6 Å². The van der Waals surface area contributed by atoms with E-state index in [0.717, 1.165) is 13.0 Å². The third-order valence-electron chi connectivity index (χ3n) is 2.00. The van der Waals surface area contributed by atoms with Gasteiger partial charge in [0.2, 0.25) is 0 Å². The van der Waals surface area contributed by atoms with Gasteiger partial charge in [0.25, 0.3) is 0 Å². The normalized spacial score (nSPS) is 14.2. The molecule has 0 aromatic rings. The van der Waals surface area contributed by atoms with Gasteiger partial charge in [-0.2, -0.15) is 0 Å². The quantitative estimate of drug-likeness (QED) is 0.491. The fraction of sp³-hybridized carbons (Fsp3) is 0.800. The lowest BCUT2D eigenvalue weighted by Crippen LogP contribution is -2.34. The second-order valence-corrected chi connectivity index (χ2v) is 3.71. The minimum Gasteiger partial charge on any atom is -0.396 e. The van der Waals surface area contributed by atoms with Gasteiger partial charge in [-0.1, -0.05) is 26.0 Å². The topological polar surface area (TPSA) is 32.3 Å². The number of halogens is 1. The first-order valence-corrected chi connectivity index (χ1v) is 5.31. The van der Waals surface area contributed by atoms with Crippen LogP contribution in [0.1, 0.15) is 20.3 Å². The lowest BCUT2D eigenvalue weighted by molar-refractivity contribution is 0.247.